The quantitative estimate of drug-likeness (QED) is 0.356. The standard InChI is InChI=1S/C20H16N4O4S2/c1-12-5-7-14(19-22-16-4-3-9-21-20(16)29-19)10-17(12)23-30(27,28)18-11-15(24(25)26)8-6-13(18)2/h3-11,23H,1-2H3. The maximum absolute atomic E-state index is 13.0. The number of sulfonamides is 1. The first-order valence-electron chi connectivity index (χ1n) is 8.85. The van der Waals surface area contributed by atoms with Gasteiger partial charge in [0.2, 0.25) is 0 Å². The van der Waals surface area contributed by atoms with E-state index in [0.717, 1.165) is 27.0 Å². The molecule has 4 aromatic rings. The maximum Gasteiger partial charge on any atom is 0.270 e. The Hall–Kier alpha value is -3.37. The molecule has 0 saturated heterocycles. The Balaban J connectivity index is 1.73. The highest BCUT2D eigenvalue weighted by Crippen LogP contribution is 2.32. The number of fused-ring (bicyclic) bond motifs is 1. The summed E-state index contributed by atoms with van der Waals surface area (Å²) in [7, 11) is -4.03. The predicted octanol–water partition coefficient (Wildman–Crippen LogP) is 4.68. The third-order valence-electron chi connectivity index (χ3n) is 4.57. The first-order valence-corrected chi connectivity index (χ1v) is 11.1. The molecule has 0 unspecified atom stereocenters. The number of nitrogens with zero attached hydrogens (tertiary/aromatic N) is 3. The zero-order chi connectivity index (χ0) is 21.5. The minimum atomic E-state index is -4.03. The molecular formula is C20H16N4O4S2. The minimum Gasteiger partial charge on any atom is -0.279 e. The molecule has 152 valence electrons. The topological polar surface area (TPSA) is 115 Å². The van der Waals surface area contributed by atoms with Gasteiger partial charge < -0.3 is 0 Å². The van der Waals surface area contributed by atoms with E-state index in [2.05, 4.69) is 14.7 Å². The number of rotatable bonds is 5. The summed E-state index contributed by atoms with van der Waals surface area (Å²) in [6.45, 7) is 3.37. The van der Waals surface area contributed by atoms with Gasteiger partial charge in [0, 0.05) is 23.9 Å². The van der Waals surface area contributed by atoms with Gasteiger partial charge in [0.25, 0.3) is 15.7 Å². The molecule has 2 aromatic heterocycles. The number of pyridine rings is 1. The Labute approximate surface area is 176 Å². The number of anilines is 1. The SMILES string of the molecule is Cc1ccc(-c2nc3cccnc3s2)cc1NS(=O)(=O)c1cc([N+](=O)[O-])ccc1C. The van der Waals surface area contributed by atoms with Gasteiger partial charge in [-0.1, -0.05) is 29.5 Å². The second kappa shape index (κ2) is 7.47. The van der Waals surface area contributed by atoms with Crippen LogP contribution in [0, 0.1) is 24.0 Å². The lowest BCUT2D eigenvalue weighted by molar-refractivity contribution is -0.385. The molecule has 0 fully saturated rings. The van der Waals surface area contributed by atoms with E-state index in [1.807, 2.05) is 18.2 Å². The molecule has 8 nitrogen and oxygen atoms in total. The average Bonchev–Trinajstić information content (AvgIpc) is 3.13. The third-order valence-corrected chi connectivity index (χ3v) is 7.10. The van der Waals surface area contributed by atoms with Crippen LogP contribution in [-0.4, -0.2) is 23.3 Å². The van der Waals surface area contributed by atoms with Gasteiger partial charge in [-0.3, -0.25) is 14.8 Å². The average molecular weight is 441 g/mol. The van der Waals surface area contributed by atoms with Crippen LogP contribution in [0.2, 0.25) is 0 Å². The lowest BCUT2D eigenvalue weighted by atomic mass is 10.1. The number of non-ortho nitro benzene ring substituents is 1. The predicted molar refractivity (Wildman–Crippen MR) is 116 cm³/mol. The molecule has 0 atom stereocenters. The van der Waals surface area contributed by atoms with Crippen LogP contribution in [0.1, 0.15) is 11.1 Å². The Morgan fingerprint density at radius 3 is 2.57 bits per heavy atom. The molecule has 0 aliphatic carbocycles. The van der Waals surface area contributed by atoms with Crippen molar-refractivity contribution >= 4 is 43.1 Å². The van der Waals surface area contributed by atoms with Crippen LogP contribution in [0.15, 0.2) is 59.6 Å². The van der Waals surface area contributed by atoms with Crippen LogP contribution >= 0.6 is 11.3 Å². The Morgan fingerprint density at radius 1 is 1.07 bits per heavy atom. The molecule has 0 bridgehead atoms. The summed E-state index contributed by atoms with van der Waals surface area (Å²) in [4.78, 5) is 19.9. The fraction of sp³-hybridized carbons (Fsp3) is 0.100. The normalized spacial score (nSPS) is 11.5. The first-order chi connectivity index (χ1) is 14.2. The van der Waals surface area contributed by atoms with Crippen molar-refractivity contribution in [3.05, 3.63) is 76.0 Å². The minimum absolute atomic E-state index is 0.134. The molecule has 0 radical (unpaired) electrons. The van der Waals surface area contributed by atoms with Crippen LogP contribution in [0.4, 0.5) is 11.4 Å². The van der Waals surface area contributed by atoms with E-state index in [-0.39, 0.29) is 10.6 Å². The van der Waals surface area contributed by atoms with Gasteiger partial charge in [-0.2, -0.15) is 0 Å². The summed E-state index contributed by atoms with van der Waals surface area (Å²) in [5.41, 5.74) is 2.74. The Morgan fingerprint density at radius 2 is 1.83 bits per heavy atom. The number of nitro benzene ring substituents is 1. The Bertz CT molecular complexity index is 1360. The van der Waals surface area contributed by atoms with Gasteiger partial charge in [0.15, 0.2) is 0 Å². The lowest BCUT2D eigenvalue weighted by Crippen LogP contribution is -2.15. The number of hydrogen-bond acceptors (Lipinski definition) is 7. The molecule has 0 saturated carbocycles. The zero-order valence-electron chi connectivity index (χ0n) is 16.0. The van der Waals surface area contributed by atoms with E-state index in [4.69, 9.17) is 0 Å². The monoisotopic (exact) mass is 440 g/mol. The Kier molecular flexibility index (Phi) is 4.96. The van der Waals surface area contributed by atoms with Crippen molar-refractivity contribution in [3.8, 4) is 10.6 Å². The fourth-order valence-electron chi connectivity index (χ4n) is 2.95. The smallest absolute Gasteiger partial charge is 0.270 e. The van der Waals surface area contributed by atoms with E-state index in [1.165, 1.54) is 23.5 Å². The zero-order valence-corrected chi connectivity index (χ0v) is 17.6. The number of nitro groups is 1. The van der Waals surface area contributed by atoms with Crippen molar-refractivity contribution in [1.29, 1.82) is 0 Å². The van der Waals surface area contributed by atoms with Crippen molar-refractivity contribution in [2.45, 2.75) is 18.7 Å². The molecule has 0 amide bonds. The van der Waals surface area contributed by atoms with Gasteiger partial charge in [0.05, 0.1) is 15.5 Å². The summed E-state index contributed by atoms with van der Waals surface area (Å²) in [5, 5.41) is 11.8. The van der Waals surface area contributed by atoms with Crippen molar-refractivity contribution in [2.75, 3.05) is 4.72 Å². The molecule has 0 aliphatic rings. The maximum atomic E-state index is 13.0. The van der Waals surface area contributed by atoms with Crippen molar-refractivity contribution in [2.24, 2.45) is 0 Å². The summed E-state index contributed by atoms with van der Waals surface area (Å²) < 4.78 is 28.5. The number of aromatic nitrogens is 2. The highest BCUT2D eigenvalue weighted by Gasteiger charge is 2.22. The third kappa shape index (κ3) is 3.74. The van der Waals surface area contributed by atoms with E-state index in [9.17, 15) is 18.5 Å². The first kappa shape index (κ1) is 19.9. The number of hydrogen-bond donors (Lipinski definition) is 1. The van der Waals surface area contributed by atoms with E-state index in [1.54, 1.807) is 32.2 Å². The van der Waals surface area contributed by atoms with Crippen LogP contribution in [0.3, 0.4) is 0 Å². The van der Waals surface area contributed by atoms with E-state index < -0.39 is 14.9 Å². The number of thiazole rings is 1. The van der Waals surface area contributed by atoms with Gasteiger partial charge in [-0.25, -0.2) is 18.4 Å². The van der Waals surface area contributed by atoms with Gasteiger partial charge >= 0.3 is 0 Å². The second-order valence-corrected chi connectivity index (χ2v) is 9.32. The molecule has 2 heterocycles. The van der Waals surface area contributed by atoms with E-state index >= 15 is 0 Å². The van der Waals surface area contributed by atoms with Crippen LogP contribution in [-0.2, 0) is 10.0 Å². The van der Waals surface area contributed by atoms with Crippen molar-refractivity contribution in [3.63, 3.8) is 0 Å². The molecule has 2 aromatic carbocycles. The summed E-state index contributed by atoms with van der Waals surface area (Å²) in [5.74, 6) is 0. The van der Waals surface area contributed by atoms with Crippen molar-refractivity contribution < 1.29 is 13.3 Å². The number of benzene rings is 2. The molecule has 4 rings (SSSR count). The molecule has 1 N–H and O–H groups in total. The summed E-state index contributed by atoms with van der Waals surface area (Å²) in [6.07, 6.45) is 1.69. The number of aryl methyl sites for hydroxylation is 2. The molecular weight excluding hydrogens is 424 g/mol. The van der Waals surface area contributed by atoms with Gasteiger partial charge in [0.1, 0.15) is 15.4 Å². The lowest BCUT2D eigenvalue weighted by Gasteiger charge is -2.13. The molecule has 30 heavy (non-hydrogen) atoms. The highest BCUT2D eigenvalue weighted by atomic mass is 32.2. The summed E-state index contributed by atoms with van der Waals surface area (Å²) in [6, 6.07) is 12.8. The van der Waals surface area contributed by atoms with Gasteiger partial charge in [-0.15, -0.1) is 0 Å². The van der Waals surface area contributed by atoms with Crippen LogP contribution in [0.5, 0.6) is 0 Å². The number of nitrogens with one attached hydrogen (secondary N) is 1. The van der Waals surface area contributed by atoms with E-state index in [0.29, 0.717) is 16.8 Å². The van der Waals surface area contributed by atoms with Gasteiger partial charge in [-0.05, 0) is 43.2 Å². The summed E-state index contributed by atoms with van der Waals surface area (Å²) >= 11 is 1.41. The molecule has 0 spiro atoms. The fourth-order valence-corrected chi connectivity index (χ4v) is 5.24. The largest absolute Gasteiger partial charge is 0.279 e. The molecule has 10 heteroatoms. The van der Waals surface area contributed by atoms with Crippen LogP contribution in [0.25, 0.3) is 20.9 Å². The molecule has 0 aliphatic heterocycles. The van der Waals surface area contributed by atoms with Crippen LogP contribution < -0.4 is 4.72 Å². The van der Waals surface area contributed by atoms with Crippen molar-refractivity contribution in [1.82, 2.24) is 9.97 Å². The highest BCUT2D eigenvalue weighted by molar-refractivity contribution is 7.92. The second-order valence-electron chi connectivity index (χ2n) is 6.69.